The molecule has 0 atom stereocenters. The number of methoxy groups -OCH3 is 1. The molecule has 0 aliphatic carbocycles. The van der Waals surface area contributed by atoms with Crippen LogP contribution in [-0.2, 0) is 4.79 Å². The average Bonchev–Trinajstić information content (AvgIpc) is 2.56. The molecule has 2 aromatic rings. The lowest BCUT2D eigenvalue weighted by Crippen LogP contribution is -2.13. The second kappa shape index (κ2) is 7.00. The first-order chi connectivity index (χ1) is 11.0. The van der Waals surface area contributed by atoms with Crippen LogP contribution in [0.4, 0.5) is 5.69 Å². The molecule has 0 saturated carbocycles. The second-order valence-corrected chi connectivity index (χ2v) is 4.57. The maximum Gasteiger partial charge on any atom is 0.266 e. The van der Waals surface area contributed by atoms with Gasteiger partial charge in [-0.2, -0.15) is 5.26 Å². The van der Waals surface area contributed by atoms with Gasteiger partial charge in [0.05, 0.1) is 12.8 Å². The zero-order valence-corrected chi connectivity index (χ0v) is 12.3. The third-order valence-electron chi connectivity index (χ3n) is 3.05. The van der Waals surface area contributed by atoms with Crippen molar-refractivity contribution in [3.05, 3.63) is 53.6 Å². The summed E-state index contributed by atoms with van der Waals surface area (Å²) in [6, 6.07) is 12.4. The van der Waals surface area contributed by atoms with Crippen LogP contribution in [0.5, 0.6) is 17.2 Å². The van der Waals surface area contributed by atoms with E-state index in [1.165, 1.54) is 37.5 Å². The van der Waals surface area contributed by atoms with Crippen molar-refractivity contribution in [3.8, 4) is 23.3 Å². The van der Waals surface area contributed by atoms with E-state index in [-0.39, 0.29) is 28.3 Å². The number of aromatic hydroxyl groups is 2. The Bertz CT molecular complexity index is 806. The number of benzene rings is 2. The molecule has 0 aliphatic heterocycles. The molecule has 116 valence electrons. The van der Waals surface area contributed by atoms with Crippen LogP contribution in [0, 0.1) is 11.3 Å². The lowest BCUT2D eigenvalue weighted by Gasteiger charge is -2.07. The fourth-order valence-electron chi connectivity index (χ4n) is 1.85. The summed E-state index contributed by atoms with van der Waals surface area (Å²) in [5.74, 6) is -0.417. The van der Waals surface area contributed by atoms with Crippen LogP contribution in [-0.4, -0.2) is 23.2 Å². The topological polar surface area (TPSA) is 103 Å². The minimum atomic E-state index is -0.698. The van der Waals surface area contributed by atoms with Gasteiger partial charge in [0.15, 0.2) is 0 Å². The van der Waals surface area contributed by atoms with Crippen LogP contribution >= 0.6 is 0 Å². The predicted molar refractivity (Wildman–Crippen MR) is 85.0 cm³/mol. The number of anilines is 1. The van der Waals surface area contributed by atoms with Gasteiger partial charge in [-0.05, 0) is 36.4 Å². The summed E-state index contributed by atoms with van der Waals surface area (Å²) in [7, 11) is 1.47. The number of carbonyl (C=O) groups is 1. The molecule has 3 N–H and O–H groups in total. The Morgan fingerprint density at radius 2 is 1.96 bits per heavy atom. The summed E-state index contributed by atoms with van der Waals surface area (Å²) in [5, 5.41) is 31.1. The van der Waals surface area contributed by atoms with E-state index >= 15 is 0 Å². The third-order valence-corrected chi connectivity index (χ3v) is 3.05. The van der Waals surface area contributed by atoms with Gasteiger partial charge in [-0.1, -0.05) is 12.1 Å². The van der Waals surface area contributed by atoms with Gasteiger partial charge in [0, 0.05) is 5.56 Å². The van der Waals surface area contributed by atoms with Gasteiger partial charge < -0.3 is 20.3 Å². The maximum atomic E-state index is 12.1. The monoisotopic (exact) mass is 310 g/mol. The lowest BCUT2D eigenvalue weighted by atomic mass is 10.1. The Labute approximate surface area is 132 Å². The van der Waals surface area contributed by atoms with E-state index in [4.69, 9.17) is 10.00 Å². The fraction of sp³-hybridized carbons (Fsp3) is 0.0588. The van der Waals surface area contributed by atoms with E-state index in [2.05, 4.69) is 5.32 Å². The molecule has 6 nitrogen and oxygen atoms in total. The van der Waals surface area contributed by atoms with Crippen molar-refractivity contribution in [1.82, 2.24) is 0 Å². The van der Waals surface area contributed by atoms with Crippen molar-refractivity contribution in [2.24, 2.45) is 0 Å². The molecule has 2 aromatic carbocycles. The highest BCUT2D eigenvalue weighted by atomic mass is 16.5. The molecule has 0 aromatic heterocycles. The Hall–Kier alpha value is -3.46. The van der Waals surface area contributed by atoms with Gasteiger partial charge in [0.2, 0.25) is 0 Å². The number of phenolic OH excluding ortho intramolecular Hbond substituents is 2. The van der Waals surface area contributed by atoms with Gasteiger partial charge in [-0.15, -0.1) is 0 Å². The number of amides is 1. The molecule has 23 heavy (non-hydrogen) atoms. The van der Waals surface area contributed by atoms with E-state index in [1.807, 2.05) is 0 Å². The van der Waals surface area contributed by atoms with Crippen LogP contribution < -0.4 is 10.1 Å². The number of hydrogen-bond acceptors (Lipinski definition) is 5. The van der Waals surface area contributed by atoms with Crippen molar-refractivity contribution in [2.45, 2.75) is 0 Å². The van der Waals surface area contributed by atoms with Crippen molar-refractivity contribution in [2.75, 3.05) is 12.4 Å². The largest absolute Gasteiger partial charge is 0.507 e. The molecular weight excluding hydrogens is 296 g/mol. The first kappa shape index (κ1) is 15.9. The third kappa shape index (κ3) is 3.80. The number of carbonyl (C=O) groups excluding carboxylic acids is 1. The van der Waals surface area contributed by atoms with Crippen molar-refractivity contribution in [3.63, 3.8) is 0 Å². The zero-order chi connectivity index (χ0) is 16.8. The first-order valence-corrected chi connectivity index (χ1v) is 6.63. The van der Waals surface area contributed by atoms with Crippen molar-refractivity contribution >= 4 is 17.7 Å². The molecule has 0 saturated heterocycles. The van der Waals surface area contributed by atoms with Crippen LogP contribution in [0.15, 0.2) is 48.0 Å². The number of nitriles is 1. The highest BCUT2D eigenvalue weighted by Gasteiger charge is 2.13. The van der Waals surface area contributed by atoms with Gasteiger partial charge >= 0.3 is 0 Å². The van der Waals surface area contributed by atoms with E-state index < -0.39 is 5.91 Å². The molecule has 2 rings (SSSR count). The predicted octanol–water partition coefficient (Wildman–Crippen LogP) is 2.65. The summed E-state index contributed by atoms with van der Waals surface area (Å²) in [4.78, 5) is 12.1. The Balaban J connectivity index is 2.31. The van der Waals surface area contributed by atoms with Crippen LogP contribution in [0.25, 0.3) is 6.08 Å². The Morgan fingerprint density at radius 1 is 1.22 bits per heavy atom. The molecule has 0 bridgehead atoms. The highest BCUT2D eigenvalue weighted by molar-refractivity contribution is 6.10. The van der Waals surface area contributed by atoms with Crippen LogP contribution in [0.3, 0.4) is 0 Å². The molecule has 0 fully saturated rings. The normalized spacial score (nSPS) is 10.7. The number of phenols is 2. The molecule has 1 amide bonds. The minimum absolute atomic E-state index is 0.0890. The van der Waals surface area contributed by atoms with E-state index in [0.29, 0.717) is 5.75 Å². The van der Waals surface area contributed by atoms with E-state index in [9.17, 15) is 15.0 Å². The zero-order valence-electron chi connectivity index (χ0n) is 12.3. The lowest BCUT2D eigenvalue weighted by molar-refractivity contribution is -0.112. The number of hydrogen-bond donors (Lipinski definition) is 3. The van der Waals surface area contributed by atoms with Crippen molar-refractivity contribution in [1.29, 1.82) is 5.26 Å². The van der Waals surface area contributed by atoms with Crippen LogP contribution in [0.2, 0.25) is 0 Å². The molecule has 0 radical (unpaired) electrons. The number of rotatable bonds is 4. The van der Waals surface area contributed by atoms with Gasteiger partial charge in [-0.25, -0.2) is 0 Å². The summed E-state index contributed by atoms with van der Waals surface area (Å²) in [5.41, 5.74) is 0.235. The second-order valence-electron chi connectivity index (χ2n) is 4.57. The summed E-state index contributed by atoms with van der Waals surface area (Å²) < 4.78 is 5.04. The highest BCUT2D eigenvalue weighted by Crippen LogP contribution is 2.26. The number of nitrogens with zero attached hydrogens (tertiary/aromatic N) is 1. The standard InChI is InChI=1S/C17H14N2O4/c1-23-13-6-7-15(20)11(9-13)8-12(10-18)17(22)19-14-4-2-3-5-16(14)21/h2-9,20-21H,1H3,(H,19,22)/b12-8+. The van der Waals surface area contributed by atoms with Gasteiger partial charge in [0.1, 0.15) is 28.9 Å². The molecule has 0 unspecified atom stereocenters. The van der Waals surface area contributed by atoms with Gasteiger partial charge in [0.25, 0.3) is 5.91 Å². The van der Waals surface area contributed by atoms with Crippen molar-refractivity contribution < 1.29 is 19.7 Å². The number of para-hydroxylation sites is 2. The SMILES string of the molecule is COc1ccc(O)c(/C=C(\C#N)C(=O)Nc2ccccc2O)c1. The molecule has 0 heterocycles. The Morgan fingerprint density at radius 3 is 2.61 bits per heavy atom. The molecule has 0 aliphatic rings. The quantitative estimate of drug-likeness (QED) is 0.457. The van der Waals surface area contributed by atoms with Crippen LogP contribution in [0.1, 0.15) is 5.56 Å². The summed E-state index contributed by atoms with van der Waals surface area (Å²) >= 11 is 0. The van der Waals surface area contributed by atoms with E-state index in [1.54, 1.807) is 24.3 Å². The Kier molecular flexibility index (Phi) is 4.85. The fourth-order valence-corrected chi connectivity index (χ4v) is 1.85. The molecular formula is C17H14N2O4. The summed E-state index contributed by atoms with van der Waals surface area (Å²) in [6.07, 6.45) is 1.24. The molecule has 6 heteroatoms. The average molecular weight is 310 g/mol. The number of ether oxygens (including phenoxy) is 1. The summed E-state index contributed by atoms with van der Waals surface area (Å²) in [6.45, 7) is 0. The van der Waals surface area contributed by atoms with Gasteiger partial charge in [-0.3, -0.25) is 4.79 Å². The number of nitrogens with one attached hydrogen (secondary N) is 1. The minimum Gasteiger partial charge on any atom is -0.507 e. The smallest absolute Gasteiger partial charge is 0.266 e. The molecule has 0 spiro atoms. The first-order valence-electron chi connectivity index (χ1n) is 6.63. The maximum absolute atomic E-state index is 12.1. The van der Waals surface area contributed by atoms with E-state index in [0.717, 1.165) is 0 Å².